The Morgan fingerprint density at radius 1 is 1.27 bits per heavy atom. The Morgan fingerprint density at radius 3 is 2.77 bits per heavy atom. The molecule has 1 aromatic heterocycles. The molecule has 0 saturated carbocycles. The monoisotopic (exact) mass is 356 g/mol. The maximum Gasteiger partial charge on any atom is 0.250 e. The summed E-state index contributed by atoms with van der Waals surface area (Å²) in [5, 5.41) is 0. The van der Waals surface area contributed by atoms with E-state index in [9.17, 15) is 13.2 Å². The Labute approximate surface area is 137 Å². The molecule has 8 heteroatoms. The van der Waals surface area contributed by atoms with Crippen molar-refractivity contribution < 1.29 is 13.2 Å². The van der Waals surface area contributed by atoms with E-state index < -0.39 is 10.0 Å². The molecule has 0 aliphatic carbocycles. The van der Waals surface area contributed by atoms with Gasteiger partial charge in [-0.2, -0.15) is 0 Å². The Balaban J connectivity index is 1.69. The molecule has 0 unspecified atom stereocenters. The number of carbonyl (C=O) groups excluding carboxylic acids is 1. The van der Waals surface area contributed by atoms with E-state index in [0.717, 1.165) is 29.0 Å². The number of halogens is 1. The van der Waals surface area contributed by atoms with E-state index in [4.69, 9.17) is 11.6 Å². The third-order valence-corrected chi connectivity index (χ3v) is 6.54. The van der Waals surface area contributed by atoms with Crippen LogP contribution in [0.4, 0.5) is 5.69 Å². The van der Waals surface area contributed by atoms with Crippen LogP contribution in [0, 0.1) is 0 Å². The third-order valence-electron chi connectivity index (χ3n) is 3.42. The van der Waals surface area contributed by atoms with Gasteiger partial charge in [0.15, 0.2) is 0 Å². The lowest BCUT2D eigenvalue weighted by atomic mass is 10.2. The highest BCUT2D eigenvalue weighted by Crippen LogP contribution is 2.28. The molecule has 2 heterocycles. The lowest BCUT2D eigenvalue weighted by molar-refractivity contribution is -0.117. The molecule has 22 heavy (non-hydrogen) atoms. The Kier molecular flexibility index (Phi) is 4.22. The average Bonchev–Trinajstić information content (AvgIpc) is 3.11. The van der Waals surface area contributed by atoms with Crippen LogP contribution in [0.3, 0.4) is 0 Å². The molecule has 0 atom stereocenters. The second-order valence-electron chi connectivity index (χ2n) is 4.81. The van der Waals surface area contributed by atoms with E-state index in [1.807, 2.05) is 24.3 Å². The van der Waals surface area contributed by atoms with E-state index >= 15 is 0 Å². The van der Waals surface area contributed by atoms with Crippen molar-refractivity contribution in [2.45, 2.75) is 10.6 Å². The van der Waals surface area contributed by atoms with Crippen molar-refractivity contribution in [3.63, 3.8) is 0 Å². The first-order chi connectivity index (χ1) is 10.5. The van der Waals surface area contributed by atoms with Crippen LogP contribution in [0.15, 0.2) is 40.6 Å². The van der Waals surface area contributed by atoms with Crippen molar-refractivity contribution >= 4 is 44.6 Å². The van der Waals surface area contributed by atoms with Crippen LogP contribution in [0.1, 0.15) is 5.56 Å². The van der Waals surface area contributed by atoms with Crippen molar-refractivity contribution in [2.75, 3.05) is 18.0 Å². The maximum absolute atomic E-state index is 12.3. The smallest absolute Gasteiger partial charge is 0.250 e. The van der Waals surface area contributed by atoms with Crippen LogP contribution >= 0.6 is 22.9 Å². The quantitative estimate of drug-likeness (QED) is 0.913. The molecule has 1 aliphatic rings. The van der Waals surface area contributed by atoms with E-state index in [-0.39, 0.29) is 16.7 Å². The molecular formula is C14H13ClN2O3S2. The fourth-order valence-electron chi connectivity index (χ4n) is 2.36. The summed E-state index contributed by atoms with van der Waals surface area (Å²) in [5.41, 5.74) is 1.95. The predicted octanol–water partition coefficient (Wildman–Crippen LogP) is 2.27. The predicted molar refractivity (Wildman–Crippen MR) is 87.0 cm³/mol. The normalized spacial score (nSPS) is 14.1. The number of hydrogen-bond donors (Lipinski definition) is 1. The van der Waals surface area contributed by atoms with E-state index in [0.29, 0.717) is 10.9 Å². The van der Waals surface area contributed by atoms with Crippen molar-refractivity contribution in [1.29, 1.82) is 0 Å². The van der Waals surface area contributed by atoms with Gasteiger partial charge >= 0.3 is 0 Å². The maximum atomic E-state index is 12.3. The van der Waals surface area contributed by atoms with Crippen LogP contribution < -0.4 is 9.62 Å². The highest BCUT2D eigenvalue weighted by atomic mass is 35.5. The van der Waals surface area contributed by atoms with E-state index in [1.54, 1.807) is 4.90 Å². The summed E-state index contributed by atoms with van der Waals surface area (Å²) >= 11 is 6.70. The van der Waals surface area contributed by atoms with Gasteiger partial charge in [-0.25, -0.2) is 13.1 Å². The number of fused-ring (bicyclic) bond motifs is 1. The van der Waals surface area contributed by atoms with Gasteiger partial charge in [0.25, 0.3) is 10.0 Å². The highest BCUT2D eigenvalue weighted by molar-refractivity contribution is 7.91. The Morgan fingerprint density at radius 2 is 2.05 bits per heavy atom. The van der Waals surface area contributed by atoms with Gasteiger partial charge in [0.2, 0.25) is 5.91 Å². The number of rotatable bonds is 4. The topological polar surface area (TPSA) is 66.5 Å². The fraction of sp³-hybridized carbons (Fsp3) is 0.214. The SMILES string of the molecule is O=C(CNS(=O)(=O)c1ccc(Cl)s1)N1CCc2ccccc21. The van der Waals surface area contributed by atoms with Gasteiger partial charge in [-0.3, -0.25) is 4.79 Å². The average molecular weight is 357 g/mol. The minimum absolute atomic E-state index is 0.104. The number of nitrogens with zero attached hydrogens (tertiary/aromatic N) is 1. The summed E-state index contributed by atoms with van der Waals surface area (Å²) in [7, 11) is -3.70. The van der Waals surface area contributed by atoms with Crippen LogP contribution in [-0.2, 0) is 21.2 Å². The molecule has 5 nitrogen and oxygen atoms in total. The summed E-state index contributed by atoms with van der Waals surface area (Å²) in [6.07, 6.45) is 0.787. The minimum Gasteiger partial charge on any atom is -0.311 e. The van der Waals surface area contributed by atoms with Gasteiger partial charge in [-0.1, -0.05) is 29.8 Å². The van der Waals surface area contributed by atoms with Crippen LogP contribution in [0.25, 0.3) is 0 Å². The van der Waals surface area contributed by atoms with Crippen LogP contribution in [0.5, 0.6) is 0 Å². The van der Waals surface area contributed by atoms with Gasteiger partial charge < -0.3 is 4.90 Å². The van der Waals surface area contributed by atoms with Gasteiger partial charge in [-0.15, -0.1) is 11.3 Å². The molecule has 0 radical (unpaired) electrons. The van der Waals surface area contributed by atoms with Crippen molar-refractivity contribution in [3.8, 4) is 0 Å². The van der Waals surface area contributed by atoms with Gasteiger partial charge in [0.1, 0.15) is 4.21 Å². The molecular weight excluding hydrogens is 344 g/mol. The molecule has 116 valence electrons. The third kappa shape index (κ3) is 3.03. The summed E-state index contributed by atoms with van der Waals surface area (Å²) < 4.78 is 27.0. The van der Waals surface area contributed by atoms with Crippen LogP contribution in [0.2, 0.25) is 4.34 Å². The second-order valence-corrected chi connectivity index (χ2v) is 8.52. The molecule has 0 fully saturated rings. The lowest BCUT2D eigenvalue weighted by Crippen LogP contribution is -2.39. The zero-order chi connectivity index (χ0) is 15.7. The number of carbonyl (C=O) groups is 1. The van der Waals surface area contributed by atoms with Gasteiger partial charge in [0, 0.05) is 12.2 Å². The number of para-hydroxylation sites is 1. The molecule has 1 aromatic carbocycles. The zero-order valence-corrected chi connectivity index (χ0v) is 13.8. The van der Waals surface area contributed by atoms with Crippen molar-refractivity contribution in [2.24, 2.45) is 0 Å². The molecule has 0 bridgehead atoms. The molecule has 1 N–H and O–H groups in total. The first kappa shape index (κ1) is 15.5. The first-order valence-corrected chi connectivity index (χ1v) is 9.28. The first-order valence-electron chi connectivity index (χ1n) is 6.61. The molecule has 0 saturated heterocycles. The van der Waals surface area contributed by atoms with Crippen molar-refractivity contribution in [3.05, 3.63) is 46.3 Å². The number of nitrogens with one attached hydrogen (secondary N) is 1. The molecule has 3 rings (SSSR count). The molecule has 1 aliphatic heterocycles. The summed E-state index contributed by atoms with van der Waals surface area (Å²) in [4.78, 5) is 13.9. The Bertz CT molecular complexity index is 817. The summed E-state index contributed by atoms with van der Waals surface area (Å²) in [6, 6.07) is 10.6. The molecule has 1 amide bonds. The number of benzene rings is 1. The Hall–Kier alpha value is -1.41. The number of sulfonamides is 1. The van der Waals surface area contributed by atoms with E-state index in [1.165, 1.54) is 12.1 Å². The van der Waals surface area contributed by atoms with E-state index in [2.05, 4.69) is 4.72 Å². The number of amides is 1. The molecule has 2 aromatic rings. The van der Waals surface area contributed by atoms with Crippen LogP contribution in [-0.4, -0.2) is 27.4 Å². The van der Waals surface area contributed by atoms with Gasteiger partial charge in [0.05, 0.1) is 10.9 Å². The molecule has 0 spiro atoms. The summed E-state index contributed by atoms with van der Waals surface area (Å²) in [6.45, 7) is 0.303. The minimum atomic E-state index is -3.70. The highest BCUT2D eigenvalue weighted by Gasteiger charge is 2.25. The largest absolute Gasteiger partial charge is 0.311 e. The number of hydrogen-bond acceptors (Lipinski definition) is 4. The number of anilines is 1. The fourth-order valence-corrected chi connectivity index (χ4v) is 4.86. The second kappa shape index (κ2) is 6.00. The summed E-state index contributed by atoms with van der Waals surface area (Å²) in [5.74, 6) is -0.267. The van der Waals surface area contributed by atoms with Gasteiger partial charge in [-0.05, 0) is 30.2 Å². The zero-order valence-electron chi connectivity index (χ0n) is 11.5. The van der Waals surface area contributed by atoms with Crippen molar-refractivity contribution in [1.82, 2.24) is 4.72 Å². The lowest BCUT2D eigenvalue weighted by Gasteiger charge is -2.17. The number of thiophene rings is 1. The standard InChI is InChI=1S/C14H13ClN2O3S2/c15-12-5-6-14(21-12)22(19,20)16-9-13(18)17-8-7-10-3-1-2-4-11(10)17/h1-6,16H,7-9H2.